The third-order valence-electron chi connectivity index (χ3n) is 3.51. The van der Waals surface area contributed by atoms with Crippen molar-refractivity contribution in [2.45, 2.75) is 32.2 Å². The number of halogens is 2. The Morgan fingerprint density at radius 2 is 2.37 bits per heavy atom. The van der Waals surface area contributed by atoms with Crippen LogP contribution in [-0.4, -0.2) is 29.9 Å². The molecule has 2 unspecified atom stereocenters. The van der Waals surface area contributed by atoms with Crippen molar-refractivity contribution in [1.29, 1.82) is 0 Å². The van der Waals surface area contributed by atoms with Gasteiger partial charge in [0.25, 0.3) is 0 Å². The molecule has 1 aliphatic heterocycles. The smallest absolute Gasteiger partial charge is 0.227 e. The highest BCUT2D eigenvalue weighted by Gasteiger charge is 2.25. The normalized spacial score (nSPS) is 20.8. The van der Waals surface area contributed by atoms with Crippen molar-refractivity contribution >= 4 is 45.6 Å². The lowest BCUT2D eigenvalue weighted by molar-refractivity contribution is -0.132. The number of nitrogens with two attached hydrogens (primary N) is 1. The maximum absolute atomic E-state index is 12.2. The summed E-state index contributed by atoms with van der Waals surface area (Å²) in [6.07, 6.45) is 2.74. The summed E-state index contributed by atoms with van der Waals surface area (Å²) in [5.74, 6) is 0.687. The van der Waals surface area contributed by atoms with Gasteiger partial charge in [-0.2, -0.15) is 0 Å². The number of piperidine rings is 1. The van der Waals surface area contributed by atoms with Gasteiger partial charge in [-0.3, -0.25) is 4.79 Å². The zero-order chi connectivity index (χ0) is 13.1. The summed E-state index contributed by atoms with van der Waals surface area (Å²) in [5, 5.41) is 0. The SMILES string of the molecule is CC(N)C1CCCN(C(=O)Cc2ccc(Br)s2)C1.Cl. The largest absolute Gasteiger partial charge is 0.342 e. The first-order chi connectivity index (χ1) is 8.56. The van der Waals surface area contributed by atoms with Gasteiger partial charge in [0.2, 0.25) is 5.91 Å². The molecule has 3 nitrogen and oxygen atoms in total. The Bertz CT molecular complexity index is 425. The third kappa shape index (κ3) is 4.74. The summed E-state index contributed by atoms with van der Waals surface area (Å²) in [7, 11) is 0. The van der Waals surface area contributed by atoms with E-state index in [0.717, 1.165) is 34.6 Å². The van der Waals surface area contributed by atoms with Gasteiger partial charge in [0.05, 0.1) is 10.2 Å². The van der Waals surface area contributed by atoms with Gasteiger partial charge < -0.3 is 10.6 Å². The van der Waals surface area contributed by atoms with E-state index in [2.05, 4.69) is 15.9 Å². The maximum atomic E-state index is 12.2. The summed E-state index contributed by atoms with van der Waals surface area (Å²) >= 11 is 5.06. The molecular weight excluding hydrogens is 348 g/mol. The van der Waals surface area contributed by atoms with E-state index in [1.807, 2.05) is 24.0 Å². The number of amides is 1. The topological polar surface area (TPSA) is 46.3 Å². The molecule has 108 valence electrons. The molecular formula is C13H20BrClN2OS. The van der Waals surface area contributed by atoms with E-state index in [1.165, 1.54) is 0 Å². The maximum Gasteiger partial charge on any atom is 0.227 e. The Morgan fingerprint density at radius 3 is 2.95 bits per heavy atom. The van der Waals surface area contributed by atoms with E-state index in [4.69, 9.17) is 5.73 Å². The molecule has 2 heterocycles. The van der Waals surface area contributed by atoms with Gasteiger partial charge in [-0.1, -0.05) is 0 Å². The molecule has 1 amide bonds. The number of hydrogen-bond donors (Lipinski definition) is 1. The number of carbonyl (C=O) groups is 1. The number of likely N-dealkylation sites (tertiary alicyclic amines) is 1. The second-order valence-electron chi connectivity index (χ2n) is 4.98. The fourth-order valence-corrected chi connectivity index (χ4v) is 3.85. The predicted octanol–water partition coefficient (Wildman–Crippen LogP) is 3.06. The van der Waals surface area contributed by atoms with Gasteiger partial charge in [0, 0.05) is 24.0 Å². The molecule has 2 N–H and O–H groups in total. The molecule has 19 heavy (non-hydrogen) atoms. The first kappa shape index (κ1) is 17.0. The van der Waals surface area contributed by atoms with Gasteiger partial charge in [0.15, 0.2) is 0 Å². The zero-order valence-electron chi connectivity index (χ0n) is 11.0. The number of hydrogen-bond acceptors (Lipinski definition) is 3. The summed E-state index contributed by atoms with van der Waals surface area (Å²) < 4.78 is 1.08. The van der Waals surface area contributed by atoms with Crippen LogP contribution in [0.2, 0.25) is 0 Å². The van der Waals surface area contributed by atoms with Crippen molar-refractivity contribution in [1.82, 2.24) is 4.90 Å². The van der Waals surface area contributed by atoms with Crippen LogP contribution >= 0.6 is 39.7 Å². The molecule has 0 radical (unpaired) electrons. The molecule has 2 atom stereocenters. The molecule has 1 aromatic rings. The summed E-state index contributed by atoms with van der Waals surface area (Å²) in [6.45, 7) is 3.74. The van der Waals surface area contributed by atoms with Crippen LogP contribution in [0.4, 0.5) is 0 Å². The Morgan fingerprint density at radius 1 is 1.63 bits per heavy atom. The average molecular weight is 368 g/mol. The Labute approximate surface area is 133 Å². The molecule has 0 bridgehead atoms. The van der Waals surface area contributed by atoms with E-state index in [1.54, 1.807) is 11.3 Å². The summed E-state index contributed by atoms with van der Waals surface area (Å²) in [6, 6.07) is 4.19. The Kier molecular flexibility index (Phi) is 6.80. The molecule has 1 saturated heterocycles. The Hall–Kier alpha value is -0.100. The highest BCUT2D eigenvalue weighted by Crippen LogP contribution is 2.24. The van der Waals surface area contributed by atoms with Crippen LogP contribution < -0.4 is 5.73 Å². The molecule has 1 aromatic heterocycles. The molecule has 0 aliphatic carbocycles. The van der Waals surface area contributed by atoms with E-state index in [9.17, 15) is 4.79 Å². The molecule has 0 spiro atoms. The molecule has 0 saturated carbocycles. The predicted molar refractivity (Wildman–Crippen MR) is 85.9 cm³/mol. The Balaban J connectivity index is 0.00000180. The van der Waals surface area contributed by atoms with Crippen LogP contribution in [-0.2, 0) is 11.2 Å². The fourth-order valence-electron chi connectivity index (χ4n) is 2.37. The van der Waals surface area contributed by atoms with Gasteiger partial charge in [-0.25, -0.2) is 0 Å². The van der Waals surface area contributed by atoms with Crippen molar-refractivity contribution in [2.75, 3.05) is 13.1 Å². The average Bonchev–Trinajstić information content (AvgIpc) is 2.75. The van der Waals surface area contributed by atoms with E-state index >= 15 is 0 Å². The number of thiophene rings is 1. The van der Waals surface area contributed by atoms with Crippen molar-refractivity contribution in [3.05, 3.63) is 20.8 Å². The first-order valence-electron chi connectivity index (χ1n) is 6.34. The van der Waals surface area contributed by atoms with Crippen molar-refractivity contribution in [3.8, 4) is 0 Å². The van der Waals surface area contributed by atoms with Crippen LogP contribution in [0.15, 0.2) is 15.9 Å². The molecule has 1 aliphatic rings. The van der Waals surface area contributed by atoms with Crippen LogP contribution in [0.1, 0.15) is 24.6 Å². The van der Waals surface area contributed by atoms with Gasteiger partial charge in [0.1, 0.15) is 0 Å². The molecule has 1 fully saturated rings. The van der Waals surface area contributed by atoms with Crippen molar-refractivity contribution in [2.24, 2.45) is 11.7 Å². The van der Waals surface area contributed by atoms with Crippen LogP contribution in [0.25, 0.3) is 0 Å². The highest BCUT2D eigenvalue weighted by atomic mass is 79.9. The van der Waals surface area contributed by atoms with Crippen molar-refractivity contribution in [3.63, 3.8) is 0 Å². The minimum Gasteiger partial charge on any atom is -0.342 e. The third-order valence-corrected chi connectivity index (χ3v) is 5.13. The first-order valence-corrected chi connectivity index (χ1v) is 7.95. The summed E-state index contributed by atoms with van der Waals surface area (Å²) in [5.41, 5.74) is 5.94. The van der Waals surface area contributed by atoms with Gasteiger partial charge >= 0.3 is 0 Å². The minimum absolute atomic E-state index is 0. The van der Waals surface area contributed by atoms with E-state index in [-0.39, 0.29) is 24.4 Å². The second-order valence-corrected chi connectivity index (χ2v) is 7.53. The number of rotatable bonds is 3. The molecule has 0 aromatic carbocycles. The molecule has 2 rings (SSSR count). The van der Waals surface area contributed by atoms with Crippen LogP contribution in [0.5, 0.6) is 0 Å². The lowest BCUT2D eigenvalue weighted by atomic mass is 9.92. The number of carbonyl (C=O) groups excluding carboxylic acids is 1. The lowest BCUT2D eigenvalue weighted by Gasteiger charge is -2.34. The quantitative estimate of drug-likeness (QED) is 0.892. The van der Waals surface area contributed by atoms with E-state index < -0.39 is 0 Å². The van der Waals surface area contributed by atoms with Gasteiger partial charge in [-0.05, 0) is 53.7 Å². The fraction of sp³-hybridized carbons (Fsp3) is 0.615. The van der Waals surface area contributed by atoms with Crippen molar-refractivity contribution < 1.29 is 4.79 Å². The second kappa shape index (κ2) is 7.62. The monoisotopic (exact) mass is 366 g/mol. The lowest BCUT2D eigenvalue weighted by Crippen LogP contribution is -2.45. The number of nitrogens with zero attached hydrogens (tertiary/aromatic N) is 1. The van der Waals surface area contributed by atoms with Gasteiger partial charge in [-0.15, -0.1) is 23.7 Å². The van der Waals surface area contributed by atoms with Crippen LogP contribution in [0, 0.1) is 5.92 Å². The standard InChI is InChI=1S/C13H19BrN2OS.ClH/c1-9(15)10-3-2-6-16(8-10)13(17)7-11-4-5-12(14)18-11;/h4-5,9-10H,2-3,6-8,15H2,1H3;1H. The van der Waals surface area contributed by atoms with E-state index in [0.29, 0.717) is 12.3 Å². The summed E-state index contributed by atoms with van der Waals surface area (Å²) in [4.78, 5) is 15.3. The zero-order valence-corrected chi connectivity index (χ0v) is 14.2. The molecule has 6 heteroatoms. The highest BCUT2D eigenvalue weighted by molar-refractivity contribution is 9.11. The minimum atomic E-state index is 0. The van der Waals surface area contributed by atoms with Crippen LogP contribution in [0.3, 0.4) is 0 Å².